The van der Waals surface area contributed by atoms with Crippen LogP contribution in [-0.4, -0.2) is 48.1 Å². The maximum Gasteiger partial charge on any atom is 0.252 e. The molecule has 0 atom stereocenters. The smallest absolute Gasteiger partial charge is 0.252 e. The second-order valence-corrected chi connectivity index (χ2v) is 5.83. The first kappa shape index (κ1) is 14.1. The molecule has 5 nitrogen and oxygen atoms in total. The van der Waals surface area contributed by atoms with Crippen LogP contribution in [0.15, 0.2) is 10.9 Å². The highest BCUT2D eigenvalue weighted by Crippen LogP contribution is 2.20. The average molecular weight is 264 g/mol. The molecule has 0 aliphatic carbocycles. The number of piperidine rings is 1. The number of aromatic amines is 1. The zero-order valence-electron chi connectivity index (χ0n) is 12.3. The number of anilines is 1. The van der Waals surface area contributed by atoms with Crippen molar-refractivity contribution in [3.63, 3.8) is 0 Å². The quantitative estimate of drug-likeness (QED) is 0.897. The Morgan fingerprint density at radius 1 is 1.37 bits per heavy atom. The van der Waals surface area contributed by atoms with Gasteiger partial charge in [-0.3, -0.25) is 4.79 Å². The Balaban J connectivity index is 2.13. The molecule has 1 aromatic rings. The van der Waals surface area contributed by atoms with Crippen LogP contribution < -0.4 is 10.5 Å². The molecule has 19 heavy (non-hydrogen) atoms. The number of aromatic nitrogens is 2. The largest absolute Gasteiger partial charge is 0.356 e. The van der Waals surface area contributed by atoms with E-state index >= 15 is 0 Å². The van der Waals surface area contributed by atoms with Crippen LogP contribution in [0.5, 0.6) is 0 Å². The van der Waals surface area contributed by atoms with Crippen LogP contribution in [-0.2, 0) is 0 Å². The van der Waals surface area contributed by atoms with E-state index < -0.39 is 0 Å². The van der Waals surface area contributed by atoms with Crippen molar-refractivity contribution in [1.82, 2.24) is 14.9 Å². The Hall–Kier alpha value is -1.36. The molecule has 0 amide bonds. The maximum atomic E-state index is 11.7. The monoisotopic (exact) mass is 264 g/mol. The van der Waals surface area contributed by atoms with Gasteiger partial charge in [-0.2, -0.15) is 0 Å². The van der Waals surface area contributed by atoms with E-state index in [4.69, 9.17) is 0 Å². The molecule has 0 spiro atoms. The highest BCUT2D eigenvalue weighted by molar-refractivity contribution is 5.38. The molecule has 2 heterocycles. The number of rotatable bonds is 3. The summed E-state index contributed by atoms with van der Waals surface area (Å²) in [5, 5.41) is 0. The van der Waals surface area contributed by atoms with Crippen molar-refractivity contribution in [3.05, 3.63) is 22.2 Å². The summed E-state index contributed by atoms with van der Waals surface area (Å²) in [6, 6.07) is 2.25. The van der Waals surface area contributed by atoms with Crippen LogP contribution >= 0.6 is 0 Å². The molecular formula is C14H24N4O. The minimum absolute atomic E-state index is 0.0524. The predicted octanol–water partition coefficient (Wildman–Crippen LogP) is 1.42. The first-order chi connectivity index (χ1) is 8.97. The molecule has 1 N–H and O–H groups in total. The Morgan fingerprint density at radius 3 is 2.53 bits per heavy atom. The number of hydrogen-bond donors (Lipinski definition) is 1. The fourth-order valence-electron chi connectivity index (χ4n) is 2.51. The molecule has 0 radical (unpaired) electrons. The molecule has 106 valence electrons. The average Bonchev–Trinajstić information content (AvgIpc) is 2.38. The third-order valence-electron chi connectivity index (χ3n) is 3.81. The van der Waals surface area contributed by atoms with Gasteiger partial charge in [-0.15, -0.1) is 0 Å². The molecule has 0 saturated carbocycles. The third kappa shape index (κ3) is 3.35. The van der Waals surface area contributed by atoms with Crippen molar-refractivity contribution < 1.29 is 0 Å². The van der Waals surface area contributed by atoms with Crippen LogP contribution in [0.4, 0.5) is 5.82 Å². The number of nitrogens with zero attached hydrogens (tertiary/aromatic N) is 3. The Kier molecular flexibility index (Phi) is 4.24. The molecule has 1 aliphatic heterocycles. The predicted molar refractivity (Wildman–Crippen MR) is 77.9 cm³/mol. The van der Waals surface area contributed by atoms with Crippen molar-refractivity contribution in [1.29, 1.82) is 0 Å². The first-order valence-corrected chi connectivity index (χ1v) is 7.00. The van der Waals surface area contributed by atoms with Crippen molar-refractivity contribution in [3.8, 4) is 0 Å². The number of nitrogens with one attached hydrogen (secondary N) is 1. The summed E-state index contributed by atoms with van der Waals surface area (Å²) in [5.74, 6) is 1.84. The topological polar surface area (TPSA) is 52.2 Å². The van der Waals surface area contributed by atoms with E-state index in [1.165, 1.54) is 0 Å². The Morgan fingerprint density at radius 2 is 2.00 bits per heavy atom. The Bertz CT molecular complexity index is 473. The van der Waals surface area contributed by atoms with Gasteiger partial charge < -0.3 is 14.8 Å². The molecule has 2 rings (SSSR count). The van der Waals surface area contributed by atoms with Crippen LogP contribution in [0.1, 0.15) is 38.4 Å². The summed E-state index contributed by atoms with van der Waals surface area (Å²) in [7, 11) is 4.26. The van der Waals surface area contributed by atoms with E-state index in [-0.39, 0.29) is 11.5 Å². The SMILES string of the molecule is CC(C)c1nc(N2CCC(N(C)C)CC2)cc(=O)[nH]1. The van der Waals surface area contributed by atoms with Gasteiger partial charge in [-0.1, -0.05) is 13.8 Å². The summed E-state index contributed by atoms with van der Waals surface area (Å²) in [6.07, 6.45) is 2.25. The van der Waals surface area contributed by atoms with E-state index in [0.717, 1.165) is 37.6 Å². The lowest BCUT2D eigenvalue weighted by molar-refractivity contribution is 0.249. The normalized spacial score (nSPS) is 17.5. The second-order valence-electron chi connectivity index (χ2n) is 5.83. The fourth-order valence-corrected chi connectivity index (χ4v) is 2.51. The summed E-state index contributed by atoms with van der Waals surface area (Å²) in [6.45, 7) is 6.02. The fraction of sp³-hybridized carbons (Fsp3) is 0.714. The van der Waals surface area contributed by atoms with Crippen molar-refractivity contribution in [2.75, 3.05) is 32.1 Å². The summed E-state index contributed by atoms with van der Waals surface area (Å²) in [5.41, 5.74) is -0.0524. The molecular weight excluding hydrogens is 240 g/mol. The zero-order valence-corrected chi connectivity index (χ0v) is 12.3. The lowest BCUT2D eigenvalue weighted by atomic mass is 10.0. The van der Waals surface area contributed by atoms with E-state index in [0.29, 0.717) is 6.04 Å². The van der Waals surface area contributed by atoms with Gasteiger partial charge >= 0.3 is 0 Å². The maximum absolute atomic E-state index is 11.7. The van der Waals surface area contributed by atoms with Crippen molar-refractivity contribution in [2.45, 2.75) is 38.6 Å². The van der Waals surface area contributed by atoms with Gasteiger partial charge in [0.1, 0.15) is 11.6 Å². The lowest BCUT2D eigenvalue weighted by Crippen LogP contribution is -2.42. The van der Waals surface area contributed by atoms with Crippen LogP contribution in [0.3, 0.4) is 0 Å². The van der Waals surface area contributed by atoms with Crippen molar-refractivity contribution in [2.24, 2.45) is 0 Å². The highest BCUT2D eigenvalue weighted by Gasteiger charge is 2.22. The summed E-state index contributed by atoms with van der Waals surface area (Å²) in [4.78, 5) is 23.6. The summed E-state index contributed by atoms with van der Waals surface area (Å²) >= 11 is 0. The molecule has 0 unspecified atom stereocenters. The highest BCUT2D eigenvalue weighted by atomic mass is 16.1. The minimum atomic E-state index is -0.0524. The van der Waals surface area contributed by atoms with Gasteiger partial charge in [0.05, 0.1) is 0 Å². The van der Waals surface area contributed by atoms with Gasteiger partial charge in [-0.25, -0.2) is 4.98 Å². The third-order valence-corrected chi connectivity index (χ3v) is 3.81. The molecule has 1 aromatic heterocycles. The number of hydrogen-bond acceptors (Lipinski definition) is 4. The zero-order chi connectivity index (χ0) is 14.0. The molecule has 0 aromatic carbocycles. The van der Waals surface area contributed by atoms with Crippen molar-refractivity contribution >= 4 is 5.82 Å². The first-order valence-electron chi connectivity index (χ1n) is 7.00. The minimum Gasteiger partial charge on any atom is -0.356 e. The van der Waals surface area contributed by atoms with Gasteiger partial charge in [0.25, 0.3) is 5.56 Å². The van der Waals surface area contributed by atoms with Gasteiger partial charge in [-0.05, 0) is 26.9 Å². The summed E-state index contributed by atoms with van der Waals surface area (Å²) < 4.78 is 0. The van der Waals surface area contributed by atoms with Crippen LogP contribution in [0, 0.1) is 0 Å². The molecule has 1 aliphatic rings. The molecule has 5 heteroatoms. The van der Waals surface area contributed by atoms with Gasteiger partial charge in [0.2, 0.25) is 0 Å². The molecule has 0 bridgehead atoms. The molecule has 1 saturated heterocycles. The lowest BCUT2D eigenvalue weighted by Gasteiger charge is -2.35. The molecule has 1 fully saturated rings. The van der Waals surface area contributed by atoms with E-state index in [1.54, 1.807) is 6.07 Å². The number of H-pyrrole nitrogens is 1. The second kappa shape index (κ2) is 5.74. The Labute approximate surface area is 114 Å². The van der Waals surface area contributed by atoms with Crippen LogP contribution in [0.25, 0.3) is 0 Å². The standard InChI is InChI=1S/C14H24N4O/c1-10(2)14-15-12(9-13(19)16-14)18-7-5-11(6-8-18)17(3)4/h9-11H,5-8H2,1-4H3,(H,15,16,19). The van der Waals surface area contributed by atoms with E-state index in [2.05, 4.69) is 33.9 Å². The van der Waals surface area contributed by atoms with Crippen LogP contribution in [0.2, 0.25) is 0 Å². The van der Waals surface area contributed by atoms with Gasteiger partial charge in [0, 0.05) is 31.1 Å². The van der Waals surface area contributed by atoms with E-state index in [1.807, 2.05) is 13.8 Å². The van der Waals surface area contributed by atoms with Gasteiger partial charge in [0.15, 0.2) is 0 Å². The van der Waals surface area contributed by atoms with E-state index in [9.17, 15) is 4.79 Å².